The molecular formula is C20H26FN5O. The molecule has 3 rings (SSSR count). The molecule has 0 spiro atoms. The number of halogens is 1. The van der Waals surface area contributed by atoms with E-state index in [1.165, 1.54) is 12.1 Å². The topological polar surface area (TPSA) is 67.0 Å². The summed E-state index contributed by atoms with van der Waals surface area (Å²) in [4.78, 5) is 13.1. The molecule has 1 fully saturated rings. The fourth-order valence-electron chi connectivity index (χ4n) is 2.98. The maximum absolute atomic E-state index is 13.1. The van der Waals surface area contributed by atoms with Crippen LogP contribution in [-0.2, 0) is 6.54 Å². The number of rotatable bonds is 6. The molecular weight excluding hydrogens is 345 g/mol. The maximum Gasteiger partial charge on any atom is 0.218 e. The van der Waals surface area contributed by atoms with Crippen LogP contribution in [0.15, 0.2) is 47.6 Å². The summed E-state index contributed by atoms with van der Waals surface area (Å²) in [5.74, 6) is 0.933. The molecule has 0 saturated carbocycles. The van der Waals surface area contributed by atoms with Gasteiger partial charge < -0.3 is 20.3 Å². The highest BCUT2D eigenvalue weighted by Gasteiger charge is 2.18. The zero-order chi connectivity index (χ0) is 19.1. The van der Waals surface area contributed by atoms with Crippen molar-refractivity contribution in [2.45, 2.75) is 19.9 Å². The third-order valence-corrected chi connectivity index (χ3v) is 4.50. The van der Waals surface area contributed by atoms with Crippen LogP contribution >= 0.6 is 0 Å². The predicted octanol–water partition coefficient (Wildman–Crippen LogP) is 2.65. The van der Waals surface area contributed by atoms with Gasteiger partial charge in [0.05, 0.1) is 13.2 Å². The molecule has 0 radical (unpaired) electrons. The van der Waals surface area contributed by atoms with Crippen LogP contribution in [0, 0.1) is 5.82 Å². The molecule has 1 saturated heterocycles. The second kappa shape index (κ2) is 9.21. The van der Waals surface area contributed by atoms with E-state index in [0.717, 1.165) is 43.9 Å². The van der Waals surface area contributed by atoms with E-state index in [4.69, 9.17) is 10.5 Å². The monoisotopic (exact) mass is 371 g/mol. The van der Waals surface area contributed by atoms with E-state index in [-0.39, 0.29) is 5.82 Å². The number of anilines is 1. The SMILES string of the molecule is CCCOc1ncccc1CN=C(N)N1CCN(c2ccc(F)cc2)CC1. The van der Waals surface area contributed by atoms with E-state index in [0.29, 0.717) is 25.0 Å². The lowest BCUT2D eigenvalue weighted by molar-refractivity contribution is 0.302. The van der Waals surface area contributed by atoms with Crippen molar-refractivity contribution >= 4 is 11.6 Å². The molecule has 2 aromatic rings. The second-order valence-electron chi connectivity index (χ2n) is 6.44. The predicted molar refractivity (Wildman–Crippen MR) is 106 cm³/mol. The molecule has 0 unspecified atom stereocenters. The molecule has 1 aromatic heterocycles. The van der Waals surface area contributed by atoms with Gasteiger partial charge in [0.1, 0.15) is 5.82 Å². The summed E-state index contributed by atoms with van der Waals surface area (Å²) in [7, 11) is 0. The molecule has 0 aliphatic carbocycles. The maximum atomic E-state index is 13.1. The first kappa shape index (κ1) is 18.9. The molecule has 0 amide bonds. The van der Waals surface area contributed by atoms with Gasteiger partial charge in [-0.2, -0.15) is 0 Å². The van der Waals surface area contributed by atoms with Crippen molar-refractivity contribution in [3.8, 4) is 5.88 Å². The lowest BCUT2D eigenvalue weighted by Gasteiger charge is -2.36. The number of hydrogen-bond donors (Lipinski definition) is 1. The Labute approximate surface area is 159 Å². The molecule has 1 aromatic carbocycles. The van der Waals surface area contributed by atoms with Crippen molar-refractivity contribution < 1.29 is 9.13 Å². The minimum atomic E-state index is -0.216. The molecule has 1 aliphatic rings. The number of aromatic nitrogens is 1. The van der Waals surface area contributed by atoms with E-state index in [1.54, 1.807) is 6.20 Å². The Hall–Kier alpha value is -2.83. The van der Waals surface area contributed by atoms with Gasteiger partial charge in [-0.25, -0.2) is 14.4 Å². The Morgan fingerprint density at radius 2 is 1.93 bits per heavy atom. The molecule has 2 N–H and O–H groups in total. The van der Waals surface area contributed by atoms with Crippen molar-refractivity contribution in [2.24, 2.45) is 10.7 Å². The van der Waals surface area contributed by atoms with Gasteiger partial charge in [0.15, 0.2) is 5.96 Å². The first-order chi connectivity index (χ1) is 13.2. The van der Waals surface area contributed by atoms with Gasteiger partial charge in [-0.1, -0.05) is 13.0 Å². The van der Waals surface area contributed by atoms with Crippen molar-refractivity contribution in [3.05, 3.63) is 54.0 Å². The largest absolute Gasteiger partial charge is 0.477 e. The van der Waals surface area contributed by atoms with Crippen LogP contribution in [0.5, 0.6) is 5.88 Å². The van der Waals surface area contributed by atoms with Gasteiger partial charge in [0.2, 0.25) is 5.88 Å². The smallest absolute Gasteiger partial charge is 0.218 e. The fraction of sp³-hybridized carbons (Fsp3) is 0.400. The number of ether oxygens (including phenoxy) is 1. The molecule has 7 heteroatoms. The average Bonchev–Trinajstić information content (AvgIpc) is 2.72. The Morgan fingerprint density at radius 1 is 1.19 bits per heavy atom. The third kappa shape index (κ3) is 5.09. The van der Waals surface area contributed by atoms with Crippen molar-refractivity contribution in [2.75, 3.05) is 37.7 Å². The normalized spacial score (nSPS) is 15.1. The third-order valence-electron chi connectivity index (χ3n) is 4.50. The van der Waals surface area contributed by atoms with E-state index in [2.05, 4.69) is 26.7 Å². The standard InChI is InChI=1S/C20H26FN5O/c1-2-14-27-19-16(4-3-9-23-19)15-24-20(22)26-12-10-25(11-13-26)18-7-5-17(21)6-8-18/h3-9H,2,10-15H2,1H3,(H2,22,24). The van der Waals surface area contributed by atoms with E-state index >= 15 is 0 Å². The van der Waals surface area contributed by atoms with Gasteiger partial charge in [-0.15, -0.1) is 0 Å². The summed E-state index contributed by atoms with van der Waals surface area (Å²) >= 11 is 0. The van der Waals surface area contributed by atoms with Crippen LogP contribution in [0.4, 0.5) is 10.1 Å². The molecule has 27 heavy (non-hydrogen) atoms. The van der Waals surface area contributed by atoms with E-state index in [1.807, 2.05) is 24.3 Å². The summed E-state index contributed by atoms with van der Waals surface area (Å²) in [6.07, 6.45) is 2.65. The lowest BCUT2D eigenvalue weighted by Crippen LogP contribution is -2.51. The van der Waals surface area contributed by atoms with E-state index < -0.39 is 0 Å². The fourth-order valence-corrected chi connectivity index (χ4v) is 2.98. The summed E-state index contributed by atoms with van der Waals surface area (Å²) < 4.78 is 18.7. The van der Waals surface area contributed by atoms with E-state index in [9.17, 15) is 4.39 Å². The van der Waals surface area contributed by atoms with Crippen LogP contribution in [-0.4, -0.2) is 48.6 Å². The first-order valence-corrected chi connectivity index (χ1v) is 9.29. The van der Waals surface area contributed by atoms with Crippen LogP contribution in [0.25, 0.3) is 0 Å². The van der Waals surface area contributed by atoms with Crippen molar-refractivity contribution in [3.63, 3.8) is 0 Å². The number of aliphatic imine (C=N–C) groups is 1. The number of guanidine groups is 1. The quantitative estimate of drug-likeness (QED) is 0.625. The summed E-state index contributed by atoms with van der Waals surface area (Å²) in [6.45, 7) is 6.33. The molecule has 0 bridgehead atoms. The van der Waals surface area contributed by atoms with Gasteiger partial charge >= 0.3 is 0 Å². The lowest BCUT2D eigenvalue weighted by atomic mass is 10.2. The zero-order valence-electron chi connectivity index (χ0n) is 15.6. The number of nitrogens with zero attached hydrogens (tertiary/aromatic N) is 4. The average molecular weight is 371 g/mol. The molecule has 0 atom stereocenters. The van der Waals surface area contributed by atoms with Gasteiger partial charge in [0.25, 0.3) is 0 Å². The second-order valence-corrected chi connectivity index (χ2v) is 6.44. The first-order valence-electron chi connectivity index (χ1n) is 9.29. The van der Waals surface area contributed by atoms with Crippen LogP contribution in [0.2, 0.25) is 0 Å². The van der Waals surface area contributed by atoms with Crippen molar-refractivity contribution in [1.82, 2.24) is 9.88 Å². The number of benzene rings is 1. The number of pyridine rings is 1. The van der Waals surface area contributed by atoms with Gasteiger partial charge in [-0.05, 0) is 36.8 Å². The van der Waals surface area contributed by atoms with Crippen LogP contribution < -0.4 is 15.4 Å². The Morgan fingerprint density at radius 3 is 2.63 bits per heavy atom. The van der Waals surface area contributed by atoms with Crippen molar-refractivity contribution in [1.29, 1.82) is 0 Å². The summed E-state index contributed by atoms with van der Waals surface area (Å²) in [5.41, 5.74) is 8.15. The number of nitrogens with two attached hydrogens (primary N) is 1. The Balaban J connectivity index is 1.56. The minimum absolute atomic E-state index is 0.216. The minimum Gasteiger partial charge on any atom is -0.477 e. The molecule has 6 nitrogen and oxygen atoms in total. The molecule has 1 aliphatic heterocycles. The highest BCUT2D eigenvalue weighted by molar-refractivity contribution is 5.78. The Kier molecular flexibility index (Phi) is 6.46. The molecule has 144 valence electrons. The van der Waals surface area contributed by atoms with Crippen LogP contribution in [0.1, 0.15) is 18.9 Å². The summed E-state index contributed by atoms with van der Waals surface area (Å²) in [5, 5.41) is 0. The van der Waals surface area contributed by atoms with Gasteiger partial charge in [-0.3, -0.25) is 0 Å². The number of piperazine rings is 1. The summed E-state index contributed by atoms with van der Waals surface area (Å²) in [6, 6.07) is 10.4. The molecule has 2 heterocycles. The van der Waals surface area contributed by atoms with Crippen LogP contribution in [0.3, 0.4) is 0 Å². The highest BCUT2D eigenvalue weighted by Crippen LogP contribution is 2.18. The number of hydrogen-bond acceptors (Lipinski definition) is 4. The Bertz CT molecular complexity index is 757. The van der Waals surface area contributed by atoms with Gasteiger partial charge in [0, 0.05) is 43.6 Å². The highest BCUT2D eigenvalue weighted by atomic mass is 19.1. The zero-order valence-corrected chi connectivity index (χ0v) is 15.6.